The van der Waals surface area contributed by atoms with E-state index in [0.29, 0.717) is 23.4 Å². The van der Waals surface area contributed by atoms with Crippen molar-refractivity contribution in [3.05, 3.63) is 157 Å². The molecule has 1 N–H and O–H groups in total. The average molecular weight is 622 g/mol. The first-order valence-electron chi connectivity index (χ1n) is 15.7. The molecule has 7 nitrogen and oxygen atoms in total. The molecule has 9 rings (SSSR count). The maximum atomic E-state index is 6.38. The van der Waals surface area contributed by atoms with Crippen LogP contribution in [0, 0.1) is 0 Å². The summed E-state index contributed by atoms with van der Waals surface area (Å²) >= 11 is 0. The van der Waals surface area contributed by atoms with Gasteiger partial charge in [0, 0.05) is 27.8 Å². The van der Waals surface area contributed by atoms with Crippen LogP contribution in [0.25, 0.3) is 67.8 Å². The van der Waals surface area contributed by atoms with Crippen molar-refractivity contribution in [2.24, 2.45) is 0 Å². The normalized spacial score (nSPS) is 13.5. The van der Waals surface area contributed by atoms with Crippen LogP contribution in [0.3, 0.4) is 0 Å². The van der Waals surface area contributed by atoms with E-state index in [4.69, 9.17) is 29.1 Å². The van der Waals surface area contributed by atoms with E-state index in [1.165, 1.54) is 0 Å². The zero-order valence-electron chi connectivity index (χ0n) is 25.6. The fourth-order valence-electron chi connectivity index (χ4n) is 6.07. The Balaban J connectivity index is 1.22. The molecule has 0 saturated carbocycles. The zero-order valence-corrected chi connectivity index (χ0v) is 25.6. The van der Waals surface area contributed by atoms with Gasteiger partial charge >= 0.3 is 0 Å². The highest BCUT2D eigenvalue weighted by Crippen LogP contribution is 2.41. The average Bonchev–Trinajstić information content (AvgIpc) is 3.81. The lowest BCUT2D eigenvalue weighted by Gasteiger charge is -2.16. The van der Waals surface area contributed by atoms with Gasteiger partial charge in [-0.3, -0.25) is 0 Å². The summed E-state index contributed by atoms with van der Waals surface area (Å²) in [6, 6.07) is 50.3. The Labute approximate surface area is 276 Å². The molecule has 1 aliphatic heterocycles. The van der Waals surface area contributed by atoms with Gasteiger partial charge in [-0.2, -0.15) is 0 Å². The molecule has 228 valence electrons. The molecule has 0 fully saturated rings. The highest BCUT2D eigenvalue weighted by atomic mass is 16.5. The van der Waals surface area contributed by atoms with Crippen LogP contribution in [0.2, 0.25) is 0 Å². The number of anilines is 1. The van der Waals surface area contributed by atoms with Gasteiger partial charge in [0.05, 0.1) is 5.69 Å². The van der Waals surface area contributed by atoms with Crippen LogP contribution in [0.4, 0.5) is 5.69 Å². The molecule has 0 saturated heterocycles. The minimum absolute atomic E-state index is 0.399. The highest BCUT2D eigenvalue weighted by molar-refractivity contribution is 5.85. The van der Waals surface area contributed by atoms with E-state index in [1.807, 2.05) is 121 Å². The van der Waals surface area contributed by atoms with Crippen molar-refractivity contribution in [2.45, 2.75) is 6.23 Å². The predicted molar refractivity (Wildman–Crippen MR) is 188 cm³/mol. The summed E-state index contributed by atoms with van der Waals surface area (Å²) < 4.78 is 12.6. The third kappa shape index (κ3) is 5.13. The van der Waals surface area contributed by atoms with Crippen LogP contribution < -0.4 is 10.1 Å². The number of nitrogens with zero attached hydrogens (tertiary/aromatic N) is 4. The molecule has 6 aromatic carbocycles. The summed E-state index contributed by atoms with van der Waals surface area (Å²) in [6.45, 7) is 0. The number of rotatable bonds is 6. The number of nitrogens with one attached hydrogen (secondary N) is 1. The molecular weight excluding hydrogens is 594 g/mol. The quantitative estimate of drug-likeness (QED) is 0.198. The topological polar surface area (TPSA) is 86.0 Å². The van der Waals surface area contributed by atoms with Gasteiger partial charge in [-0.05, 0) is 53.6 Å². The molecule has 0 bridgehead atoms. The minimum Gasteiger partial charge on any atom is -0.464 e. The summed E-state index contributed by atoms with van der Waals surface area (Å²) in [5.41, 5.74) is 8.86. The van der Waals surface area contributed by atoms with Crippen LogP contribution in [0.5, 0.6) is 5.75 Å². The number of aromatic nitrogens is 4. The number of fused-ring (bicyclic) bond motifs is 2. The molecule has 0 spiro atoms. The molecule has 1 atom stereocenters. The van der Waals surface area contributed by atoms with E-state index in [1.54, 1.807) is 0 Å². The first kappa shape index (κ1) is 27.7. The Bertz CT molecular complexity index is 2310. The number of benzene rings is 6. The first-order valence-corrected chi connectivity index (χ1v) is 15.7. The summed E-state index contributed by atoms with van der Waals surface area (Å²) in [7, 11) is 0. The zero-order chi connectivity index (χ0) is 31.9. The van der Waals surface area contributed by atoms with Gasteiger partial charge in [-0.25, -0.2) is 19.9 Å². The van der Waals surface area contributed by atoms with Gasteiger partial charge in [0.15, 0.2) is 29.3 Å². The van der Waals surface area contributed by atoms with E-state index in [-0.39, 0.29) is 0 Å². The first-order chi connectivity index (χ1) is 23.7. The molecule has 7 heteroatoms. The number of para-hydroxylation sites is 4. The van der Waals surface area contributed by atoms with E-state index in [9.17, 15) is 0 Å². The fourth-order valence-corrected chi connectivity index (χ4v) is 6.07. The molecule has 2 aromatic heterocycles. The summed E-state index contributed by atoms with van der Waals surface area (Å²) in [5, 5.41) is 3.53. The fraction of sp³-hybridized carbons (Fsp3) is 0.0244. The molecule has 1 aliphatic rings. The smallest absolute Gasteiger partial charge is 0.227 e. The highest BCUT2D eigenvalue weighted by Gasteiger charge is 2.25. The Morgan fingerprint density at radius 3 is 1.81 bits per heavy atom. The maximum absolute atomic E-state index is 6.38. The Kier molecular flexibility index (Phi) is 6.72. The minimum atomic E-state index is -0.399. The van der Waals surface area contributed by atoms with Crippen molar-refractivity contribution in [2.75, 3.05) is 5.32 Å². The Morgan fingerprint density at radius 1 is 0.479 bits per heavy atom. The molecule has 0 amide bonds. The van der Waals surface area contributed by atoms with Gasteiger partial charge in [0.25, 0.3) is 0 Å². The third-order valence-corrected chi connectivity index (χ3v) is 8.40. The van der Waals surface area contributed by atoms with Crippen LogP contribution in [0.1, 0.15) is 11.8 Å². The molecule has 8 aromatic rings. The van der Waals surface area contributed by atoms with E-state index >= 15 is 0 Å². The van der Waals surface area contributed by atoms with Crippen molar-refractivity contribution in [3.8, 4) is 62.5 Å². The second kappa shape index (κ2) is 11.6. The van der Waals surface area contributed by atoms with Crippen LogP contribution >= 0.6 is 0 Å². The lowest BCUT2D eigenvalue weighted by Crippen LogP contribution is -2.10. The molecule has 0 radical (unpaired) electrons. The monoisotopic (exact) mass is 621 g/mol. The van der Waals surface area contributed by atoms with Crippen LogP contribution in [0.15, 0.2) is 156 Å². The van der Waals surface area contributed by atoms with Gasteiger partial charge in [0.1, 0.15) is 11.3 Å². The van der Waals surface area contributed by atoms with Crippen molar-refractivity contribution < 1.29 is 9.15 Å². The van der Waals surface area contributed by atoms with Gasteiger partial charge < -0.3 is 14.5 Å². The van der Waals surface area contributed by atoms with Crippen molar-refractivity contribution >= 4 is 16.8 Å². The van der Waals surface area contributed by atoms with E-state index in [0.717, 1.165) is 61.5 Å². The van der Waals surface area contributed by atoms with Crippen molar-refractivity contribution in [1.29, 1.82) is 0 Å². The molecule has 1 unspecified atom stereocenters. The molecule has 48 heavy (non-hydrogen) atoms. The van der Waals surface area contributed by atoms with Gasteiger partial charge in [0.2, 0.25) is 5.89 Å². The molecule has 0 aliphatic carbocycles. The summed E-state index contributed by atoms with van der Waals surface area (Å²) in [5.74, 6) is 3.14. The van der Waals surface area contributed by atoms with Gasteiger partial charge in [-0.15, -0.1) is 0 Å². The summed E-state index contributed by atoms with van der Waals surface area (Å²) in [4.78, 5) is 19.8. The molecule has 3 heterocycles. The van der Waals surface area contributed by atoms with Crippen molar-refractivity contribution in [3.63, 3.8) is 0 Å². The van der Waals surface area contributed by atoms with Gasteiger partial charge in [-0.1, -0.05) is 109 Å². The Morgan fingerprint density at radius 2 is 1.08 bits per heavy atom. The van der Waals surface area contributed by atoms with E-state index < -0.39 is 6.23 Å². The second-order valence-corrected chi connectivity index (χ2v) is 11.6. The number of hydrogen-bond donors (Lipinski definition) is 1. The lowest BCUT2D eigenvalue weighted by atomic mass is 9.95. The Hall–Kier alpha value is -6.60. The second-order valence-electron chi connectivity index (χ2n) is 11.6. The molecular formula is C41H27N5O2. The summed E-state index contributed by atoms with van der Waals surface area (Å²) in [6.07, 6.45) is -0.399. The number of hydrogen-bond acceptors (Lipinski definition) is 7. The van der Waals surface area contributed by atoms with Crippen LogP contribution in [-0.4, -0.2) is 19.9 Å². The van der Waals surface area contributed by atoms with Crippen LogP contribution in [-0.2, 0) is 0 Å². The third-order valence-electron chi connectivity index (χ3n) is 8.40. The predicted octanol–water partition coefficient (Wildman–Crippen LogP) is 9.85. The number of oxazole rings is 1. The number of ether oxygens (including phenoxy) is 1. The SMILES string of the molecule is c1ccc(-c2nc(-c3ccccc3)nc(-c3ccccc3-c3cc(-c4nc5ccccc5o4)cc(C4Nc5ccccc5O4)c3)n2)cc1. The van der Waals surface area contributed by atoms with E-state index in [2.05, 4.69) is 35.6 Å². The standard InChI is InChI=1S/C41H27N5O2/c1-3-13-26(14-4-1)37-44-38(27-15-5-2-6-16-27)46-39(45-37)32-18-8-7-17-31(32)28-23-29(40-42-33-19-9-11-21-35(33)47-40)25-30(24-28)41-43-34-20-10-12-22-36(34)48-41/h1-25,40,42H. The largest absolute Gasteiger partial charge is 0.464 e. The maximum Gasteiger partial charge on any atom is 0.227 e. The lowest BCUT2D eigenvalue weighted by molar-refractivity contribution is 0.260. The van der Waals surface area contributed by atoms with Crippen molar-refractivity contribution in [1.82, 2.24) is 19.9 Å².